The molecule has 3 N–H and O–H groups in total. The van der Waals surface area contributed by atoms with E-state index in [1.165, 1.54) is 18.7 Å². The molecule has 2 amide bonds. The van der Waals surface area contributed by atoms with Crippen LogP contribution in [0.15, 0.2) is 18.7 Å². The summed E-state index contributed by atoms with van der Waals surface area (Å²) in [6, 6.07) is -1.50. The van der Waals surface area contributed by atoms with E-state index in [1.54, 1.807) is 6.92 Å². The molecule has 98 valence electrons. The molecule has 0 aliphatic rings. The first-order valence-electron chi connectivity index (χ1n) is 5.60. The second-order valence-corrected chi connectivity index (χ2v) is 3.93. The average molecular weight is 252 g/mol. The number of carbonyl (C=O) groups excluding carboxylic acids is 1. The minimum Gasteiger partial charge on any atom is -0.480 e. The van der Waals surface area contributed by atoms with Gasteiger partial charge in [0.25, 0.3) is 0 Å². The molecule has 2 atom stereocenters. The molecule has 7 heteroatoms. The van der Waals surface area contributed by atoms with Crippen molar-refractivity contribution in [2.75, 3.05) is 5.32 Å². The number of carboxylic acids is 1. The van der Waals surface area contributed by atoms with Crippen LogP contribution in [0.5, 0.6) is 0 Å². The Balaban J connectivity index is 2.60. The van der Waals surface area contributed by atoms with Crippen LogP contribution in [0.2, 0.25) is 0 Å². The molecule has 0 radical (unpaired) electrons. The van der Waals surface area contributed by atoms with Gasteiger partial charge in [-0.1, -0.05) is 20.3 Å². The van der Waals surface area contributed by atoms with E-state index < -0.39 is 18.0 Å². The predicted molar refractivity (Wildman–Crippen MR) is 65.1 cm³/mol. The predicted octanol–water partition coefficient (Wildman–Crippen LogP) is 1.10. The smallest absolute Gasteiger partial charge is 0.326 e. The molecular formula is C11H16N4O3. The Morgan fingerprint density at radius 3 is 2.50 bits per heavy atom. The van der Waals surface area contributed by atoms with Crippen molar-refractivity contribution in [2.45, 2.75) is 26.3 Å². The molecule has 0 fully saturated rings. The van der Waals surface area contributed by atoms with Crippen LogP contribution in [-0.2, 0) is 4.79 Å². The van der Waals surface area contributed by atoms with Crippen LogP contribution in [0.4, 0.5) is 10.5 Å². The lowest BCUT2D eigenvalue weighted by atomic mass is 9.99. The minimum atomic E-state index is -1.05. The molecule has 1 heterocycles. The number of rotatable bonds is 5. The van der Waals surface area contributed by atoms with Gasteiger partial charge in [0.1, 0.15) is 12.4 Å². The van der Waals surface area contributed by atoms with Crippen LogP contribution in [0.3, 0.4) is 0 Å². The molecule has 0 aromatic carbocycles. The maximum Gasteiger partial charge on any atom is 0.326 e. The summed E-state index contributed by atoms with van der Waals surface area (Å²) >= 11 is 0. The summed E-state index contributed by atoms with van der Waals surface area (Å²) in [7, 11) is 0. The normalized spacial score (nSPS) is 13.4. The SMILES string of the molecule is CCC(C)[C@H](NC(=O)Nc1cncnc1)C(=O)O. The largest absolute Gasteiger partial charge is 0.480 e. The molecule has 0 aliphatic carbocycles. The van der Waals surface area contributed by atoms with Crippen LogP contribution >= 0.6 is 0 Å². The highest BCUT2D eigenvalue weighted by Gasteiger charge is 2.25. The zero-order chi connectivity index (χ0) is 13.5. The number of nitrogens with zero attached hydrogens (tertiary/aromatic N) is 2. The van der Waals surface area contributed by atoms with Crippen molar-refractivity contribution in [3.8, 4) is 0 Å². The van der Waals surface area contributed by atoms with Crippen LogP contribution in [0.1, 0.15) is 20.3 Å². The number of hydrogen-bond donors (Lipinski definition) is 3. The van der Waals surface area contributed by atoms with Crippen molar-refractivity contribution in [1.29, 1.82) is 0 Å². The van der Waals surface area contributed by atoms with Crippen LogP contribution in [-0.4, -0.2) is 33.1 Å². The van der Waals surface area contributed by atoms with Gasteiger partial charge < -0.3 is 15.7 Å². The van der Waals surface area contributed by atoms with Gasteiger partial charge in [0.05, 0.1) is 18.1 Å². The van der Waals surface area contributed by atoms with E-state index in [1.807, 2.05) is 6.92 Å². The quantitative estimate of drug-likeness (QED) is 0.727. The number of carbonyl (C=O) groups is 2. The molecule has 7 nitrogen and oxygen atoms in total. The first-order valence-corrected chi connectivity index (χ1v) is 5.60. The van der Waals surface area contributed by atoms with Gasteiger partial charge in [-0.3, -0.25) is 0 Å². The maximum atomic E-state index is 11.6. The highest BCUT2D eigenvalue weighted by molar-refractivity contribution is 5.92. The van der Waals surface area contributed by atoms with Gasteiger partial charge in [-0.15, -0.1) is 0 Å². The molecule has 0 saturated carbocycles. The topological polar surface area (TPSA) is 104 Å². The molecule has 18 heavy (non-hydrogen) atoms. The Kier molecular flexibility index (Phi) is 5.04. The maximum absolute atomic E-state index is 11.6. The van der Waals surface area contributed by atoms with Gasteiger partial charge in [-0.2, -0.15) is 0 Å². The Hall–Kier alpha value is -2.18. The number of aromatic nitrogens is 2. The lowest BCUT2D eigenvalue weighted by Crippen LogP contribution is -2.46. The van der Waals surface area contributed by atoms with Crippen molar-refractivity contribution in [1.82, 2.24) is 15.3 Å². The number of amides is 2. The molecule has 0 bridgehead atoms. The lowest BCUT2D eigenvalue weighted by Gasteiger charge is -2.20. The average Bonchev–Trinajstić information content (AvgIpc) is 2.36. The first kappa shape index (κ1) is 13.9. The van der Waals surface area contributed by atoms with Crippen molar-refractivity contribution in [2.24, 2.45) is 5.92 Å². The monoisotopic (exact) mass is 252 g/mol. The molecule has 1 unspecified atom stereocenters. The summed E-state index contributed by atoms with van der Waals surface area (Å²) in [6.07, 6.45) is 4.84. The van der Waals surface area contributed by atoms with E-state index in [2.05, 4.69) is 20.6 Å². The number of aliphatic carboxylic acids is 1. The second kappa shape index (κ2) is 6.53. The van der Waals surface area contributed by atoms with E-state index >= 15 is 0 Å². The van der Waals surface area contributed by atoms with Crippen molar-refractivity contribution >= 4 is 17.7 Å². The Labute approximate surface area is 105 Å². The van der Waals surface area contributed by atoms with Crippen molar-refractivity contribution in [3.63, 3.8) is 0 Å². The molecule has 0 aliphatic heterocycles. The third-order valence-corrected chi connectivity index (χ3v) is 2.58. The van der Waals surface area contributed by atoms with E-state index in [4.69, 9.17) is 5.11 Å². The molecular weight excluding hydrogens is 236 g/mol. The zero-order valence-corrected chi connectivity index (χ0v) is 10.3. The van der Waals surface area contributed by atoms with Crippen LogP contribution in [0, 0.1) is 5.92 Å². The fourth-order valence-corrected chi connectivity index (χ4v) is 1.36. The lowest BCUT2D eigenvalue weighted by molar-refractivity contribution is -0.140. The van der Waals surface area contributed by atoms with Gasteiger partial charge in [-0.05, 0) is 5.92 Å². The highest BCUT2D eigenvalue weighted by atomic mass is 16.4. The summed E-state index contributed by atoms with van der Waals surface area (Å²) in [5, 5.41) is 13.9. The summed E-state index contributed by atoms with van der Waals surface area (Å²) in [5.41, 5.74) is 0.406. The van der Waals surface area contributed by atoms with Crippen molar-refractivity contribution < 1.29 is 14.7 Å². The third-order valence-electron chi connectivity index (χ3n) is 2.58. The fourth-order valence-electron chi connectivity index (χ4n) is 1.36. The summed E-state index contributed by atoms with van der Waals surface area (Å²) in [5.74, 6) is -1.20. The summed E-state index contributed by atoms with van der Waals surface area (Å²) in [4.78, 5) is 30.1. The number of anilines is 1. The molecule has 1 rings (SSSR count). The number of nitrogens with one attached hydrogen (secondary N) is 2. The molecule has 0 spiro atoms. The number of carboxylic acid groups (broad SMARTS) is 1. The highest BCUT2D eigenvalue weighted by Crippen LogP contribution is 2.08. The number of urea groups is 1. The third kappa shape index (κ3) is 4.00. The van der Waals surface area contributed by atoms with E-state index in [9.17, 15) is 9.59 Å². The first-order chi connectivity index (χ1) is 8.54. The van der Waals surface area contributed by atoms with Gasteiger partial charge in [-0.25, -0.2) is 19.6 Å². The van der Waals surface area contributed by atoms with E-state index in [0.29, 0.717) is 12.1 Å². The Morgan fingerprint density at radius 2 is 2.00 bits per heavy atom. The summed E-state index contributed by atoms with van der Waals surface area (Å²) < 4.78 is 0. The van der Waals surface area contributed by atoms with Crippen LogP contribution < -0.4 is 10.6 Å². The van der Waals surface area contributed by atoms with Gasteiger partial charge in [0, 0.05) is 0 Å². The van der Waals surface area contributed by atoms with Gasteiger partial charge in [0.15, 0.2) is 0 Å². The zero-order valence-electron chi connectivity index (χ0n) is 10.3. The Morgan fingerprint density at radius 1 is 1.39 bits per heavy atom. The second-order valence-electron chi connectivity index (χ2n) is 3.93. The van der Waals surface area contributed by atoms with Crippen LogP contribution in [0.25, 0.3) is 0 Å². The van der Waals surface area contributed by atoms with E-state index in [-0.39, 0.29) is 5.92 Å². The number of hydrogen-bond acceptors (Lipinski definition) is 4. The van der Waals surface area contributed by atoms with Gasteiger partial charge in [0.2, 0.25) is 0 Å². The van der Waals surface area contributed by atoms with Gasteiger partial charge >= 0.3 is 12.0 Å². The molecule has 1 aromatic heterocycles. The van der Waals surface area contributed by atoms with Crippen molar-refractivity contribution in [3.05, 3.63) is 18.7 Å². The molecule has 0 saturated heterocycles. The standard InChI is InChI=1S/C11H16N4O3/c1-3-7(2)9(10(16)17)15-11(18)14-8-4-12-6-13-5-8/h4-7,9H,3H2,1-2H3,(H,16,17)(H2,14,15,18)/t7?,9-/m0/s1. The summed E-state index contributed by atoms with van der Waals surface area (Å²) in [6.45, 7) is 3.63. The minimum absolute atomic E-state index is 0.153. The fraction of sp³-hybridized carbons (Fsp3) is 0.455. The Bertz CT molecular complexity index is 410. The van der Waals surface area contributed by atoms with E-state index in [0.717, 1.165) is 0 Å². The molecule has 1 aromatic rings.